The molecule has 5 aromatic rings. The van der Waals surface area contributed by atoms with E-state index in [0.29, 0.717) is 55.0 Å². The molecule has 4 fully saturated rings. The van der Waals surface area contributed by atoms with E-state index in [1.165, 1.54) is 22.4 Å². The molecule has 3 amide bonds. The van der Waals surface area contributed by atoms with Crippen LogP contribution >= 0.6 is 0 Å². The number of piperidine rings is 3. The number of halogens is 1. The molecule has 318 valence electrons. The molecule has 1 unspecified atom stereocenters. The van der Waals surface area contributed by atoms with E-state index < -0.39 is 11.7 Å². The van der Waals surface area contributed by atoms with Gasteiger partial charge in [-0.1, -0.05) is 30.3 Å². The number of ether oxygens (including phenoxy) is 1. The number of hydrogen-bond donors (Lipinski definition) is 2. The number of hydrogen-bond acceptors (Lipinski definition) is 10. The molecule has 1 atom stereocenters. The first-order valence-corrected chi connectivity index (χ1v) is 21.7. The second-order valence-electron chi connectivity index (χ2n) is 17.1. The van der Waals surface area contributed by atoms with Crippen molar-refractivity contribution in [3.63, 3.8) is 0 Å². The summed E-state index contributed by atoms with van der Waals surface area (Å²) in [6.45, 7) is 4.53. The Morgan fingerprint density at radius 2 is 1.70 bits per heavy atom. The number of aromatic nitrogens is 5. The second-order valence-corrected chi connectivity index (χ2v) is 17.1. The van der Waals surface area contributed by atoms with Gasteiger partial charge in [-0.2, -0.15) is 5.10 Å². The molecule has 3 saturated heterocycles. The molecule has 2 N–H and O–H groups in total. The largest absolute Gasteiger partial charge is 0.446 e. The number of benzene rings is 2. The Hall–Kier alpha value is -5.96. The predicted octanol–water partition coefficient (Wildman–Crippen LogP) is 6.29. The maximum atomic E-state index is 15.0. The quantitative estimate of drug-likeness (QED) is 0.162. The number of nitrogens with zero attached hydrogens (tertiary/aromatic N) is 7. The van der Waals surface area contributed by atoms with Gasteiger partial charge >= 0.3 is 6.09 Å². The predicted molar refractivity (Wildman–Crippen MR) is 228 cm³/mol. The highest BCUT2D eigenvalue weighted by molar-refractivity contribution is 6.02. The zero-order chi connectivity index (χ0) is 42.0. The molecule has 15 heteroatoms. The Bertz CT molecular complexity index is 2480. The third-order valence-electron chi connectivity index (χ3n) is 13.2. The van der Waals surface area contributed by atoms with Crippen LogP contribution < -0.4 is 16.2 Å². The SMILES string of the molecule is Cn1nc(C2CCC(=O)NC2=O)c2ccc(C3CCN(CC4CCN(C(=O)OC5CCC(Nc6ncc(F)c(-c7cccc(-n8ccccc8=O)c7)n6)CC5)CC4)CC3)cc21. The molecule has 3 aliphatic heterocycles. The molecule has 3 aromatic heterocycles. The average Bonchev–Trinajstić information content (AvgIpc) is 3.60. The van der Waals surface area contributed by atoms with Crippen LogP contribution in [-0.4, -0.2) is 96.9 Å². The number of carbonyl (C=O) groups is 3. The fourth-order valence-electron chi connectivity index (χ4n) is 9.69. The molecule has 61 heavy (non-hydrogen) atoms. The maximum Gasteiger partial charge on any atom is 0.410 e. The molecule has 2 aromatic carbocycles. The minimum atomic E-state index is -0.551. The summed E-state index contributed by atoms with van der Waals surface area (Å²) in [5.74, 6) is -0.0940. The van der Waals surface area contributed by atoms with Gasteiger partial charge in [-0.15, -0.1) is 0 Å². The van der Waals surface area contributed by atoms with Crippen LogP contribution in [0, 0.1) is 11.7 Å². The summed E-state index contributed by atoms with van der Waals surface area (Å²) < 4.78 is 24.3. The number of nitrogens with one attached hydrogen (secondary N) is 2. The fraction of sp³-hybridized carbons (Fsp3) is 0.457. The summed E-state index contributed by atoms with van der Waals surface area (Å²) in [7, 11) is 1.92. The number of fused-ring (bicyclic) bond motifs is 1. The van der Waals surface area contributed by atoms with Crippen LogP contribution in [0.25, 0.3) is 27.8 Å². The fourth-order valence-corrected chi connectivity index (χ4v) is 9.69. The van der Waals surface area contributed by atoms with Crippen molar-refractivity contribution < 1.29 is 23.5 Å². The van der Waals surface area contributed by atoms with Crippen LogP contribution in [0.15, 0.2) is 77.9 Å². The van der Waals surface area contributed by atoms with Crippen molar-refractivity contribution >= 4 is 34.8 Å². The van der Waals surface area contributed by atoms with Gasteiger partial charge in [-0.3, -0.25) is 28.9 Å². The molecular weight excluding hydrogens is 778 g/mol. The first-order chi connectivity index (χ1) is 29.6. The molecule has 1 aliphatic carbocycles. The number of likely N-dealkylation sites (tertiary alicyclic amines) is 2. The number of anilines is 1. The van der Waals surface area contributed by atoms with Crippen molar-refractivity contribution in [1.29, 1.82) is 0 Å². The van der Waals surface area contributed by atoms with Crippen molar-refractivity contribution in [1.82, 2.24) is 39.4 Å². The number of pyridine rings is 1. The minimum Gasteiger partial charge on any atom is -0.446 e. The Kier molecular flexibility index (Phi) is 11.6. The number of amides is 3. The van der Waals surface area contributed by atoms with Gasteiger partial charge in [-0.25, -0.2) is 19.2 Å². The monoisotopic (exact) mass is 829 g/mol. The summed E-state index contributed by atoms with van der Waals surface area (Å²) in [6.07, 6.45) is 10.4. The van der Waals surface area contributed by atoms with E-state index >= 15 is 0 Å². The van der Waals surface area contributed by atoms with E-state index in [2.05, 4.69) is 43.7 Å². The topological polar surface area (TPSA) is 157 Å². The summed E-state index contributed by atoms with van der Waals surface area (Å²) in [5, 5.41) is 11.5. The normalized spacial score (nSPS) is 22.0. The van der Waals surface area contributed by atoms with Gasteiger partial charge in [0.15, 0.2) is 5.82 Å². The third-order valence-corrected chi connectivity index (χ3v) is 13.2. The zero-order valence-electron chi connectivity index (χ0n) is 34.5. The van der Waals surface area contributed by atoms with E-state index in [9.17, 15) is 23.6 Å². The number of carbonyl (C=O) groups excluding carboxylic acids is 3. The van der Waals surface area contributed by atoms with Crippen LogP contribution in [0.2, 0.25) is 0 Å². The lowest BCUT2D eigenvalue weighted by Gasteiger charge is -2.38. The van der Waals surface area contributed by atoms with Gasteiger partial charge in [0.2, 0.25) is 17.8 Å². The van der Waals surface area contributed by atoms with Gasteiger partial charge < -0.3 is 19.9 Å². The molecule has 4 aliphatic rings. The number of rotatable bonds is 9. The average molecular weight is 830 g/mol. The number of imide groups is 1. The van der Waals surface area contributed by atoms with Crippen LogP contribution in [0.5, 0.6) is 0 Å². The van der Waals surface area contributed by atoms with Crippen molar-refractivity contribution in [3.8, 4) is 16.9 Å². The van der Waals surface area contributed by atoms with Crippen molar-refractivity contribution in [2.24, 2.45) is 13.0 Å². The Morgan fingerprint density at radius 1 is 0.902 bits per heavy atom. The van der Waals surface area contributed by atoms with Crippen molar-refractivity contribution in [3.05, 3.63) is 100 Å². The van der Waals surface area contributed by atoms with Gasteiger partial charge in [-0.05, 0) is 113 Å². The lowest BCUT2D eigenvalue weighted by molar-refractivity contribution is -0.134. The van der Waals surface area contributed by atoms with E-state index in [0.717, 1.165) is 87.6 Å². The van der Waals surface area contributed by atoms with E-state index in [-0.39, 0.29) is 41.3 Å². The van der Waals surface area contributed by atoms with Crippen LogP contribution in [0.3, 0.4) is 0 Å². The zero-order valence-corrected chi connectivity index (χ0v) is 34.5. The first-order valence-electron chi connectivity index (χ1n) is 21.7. The Labute approximate surface area is 353 Å². The van der Waals surface area contributed by atoms with Crippen molar-refractivity contribution in [2.45, 2.75) is 88.2 Å². The van der Waals surface area contributed by atoms with E-state index in [4.69, 9.17) is 9.84 Å². The van der Waals surface area contributed by atoms with Crippen molar-refractivity contribution in [2.75, 3.05) is 38.0 Å². The molecule has 9 rings (SSSR count). The molecule has 14 nitrogen and oxygen atoms in total. The lowest BCUT2D eigenvalue weighted by Crippen LogP contribution is -2.44. The molecule has 0 radical (unpaired) electrons. The maximum absolute atomic E-state index is 15.0. The first kappa shape index (κ1) is 40.4. The van der Waals surface area contributed by atoms with E-state index in [1.807, 2.05) is 16.6 Å². The molecule has 0 bridgehead atoms. The Morgan fingerprint density at radius 3 is 2.48 bits per heavy atom. The molecular formula is C46H52FN9O5. The van der Waals surface area contributed by atoms with Gasteiger partial charge in [0.05, 0.1) is 23.3 Å². The van der Waals surface area contributed by atoms with Gasteiger partial charge in [0.25, 0.3) is 5.56 Å². The third kappa shape index (κ3) is 8.93. The highest BCUT2D eigenvalue weighted by atomic mass is 19.1. The Balaban J connectivity index is 0.703. The second kappa shape index (κ2) is 17.6. The standard InChI is InChI=1S/C46H52FN9O5/c1-53-39-26-31(8-13-36(39)43(52-53)37-14-15-40(57)50-44(37)59)30-18-21-54(22-19-30)28-29-16-23-55(24-17-29)46(60)61-35-11-9-33(10-12-35)49-45-48-27-38(47)42(51-45)32-5-4-6-34(25-32)56-20-3-2-7-41(56)58/h2-8,13,20,25-27,29-30,33,35,37H,9-12,14-19,21-24,28H2,1H3,(H,48,49,51)(H,50,57,59). The minimum absolute atomic E-state index is 0.0630. The summed E-state index contributed by atoms with van der Waals surface area (Å²) >= 11 is 0. The molecule has 0 spiro atoms. The smallest absolute Gasteiger partial charge is 0.410 e. The highest BCUT2D eigenvalue weighted by Gasteiger charge is 2.33. The molecule has 1 saturated carbocycles. The van der Waals surface area contributed by atoms with Crippen LogP contribution in [0.1, 0.15) is 87.3 Å². The lowest BCUT2D eigenvalue weighted by atomic mass is 9.87. The highest BCUT2D eigenvalue weighted by Crippen LogP contribution is 2.35. The molecule has 6 heterocycles. The van der Waals surface area contributed by atoms with Crippen LogP contribution in [-0.2, 0) is 21.4 Å². The summed E-state index contributed by atoms with van der Waals surface area (Å²) in [5.41, 5.74) is 4.20. The summed E-state index contributed by atoms with van der Waals surface area (Å²) in [4.78, 5) is 63.0. The van der Waals surface area contributed by atoms with Gasteiger partial charge in [0, 0.05) is 68.0 Å². The summed E-state index contributed by atoms with van der Waals surface area (Å²) in [6, 6.07) is 18.6. The van der Waals surface area contributed by atoms with Crippen LogP contribution in [0.4, 0.5) is 15.1 Å². The van der Waals surface area contributed by atoms with E-state index in [1.54, 1.807) is 42.6 Å². The number of aryl methyl sites for hydroxylation is 1. The van der Waals surface area contributed by atoms with Gasteiger partial charge in [0.1, 0.15) is 11.8 Å².